The van der Waals surface area contributed by atoms with Gasteiger partial charge in [0, 0.05) is 12.8 Å². The van der Waals surface area contributed by atoms with Crippen LogP contribution >= 0.6 is 0 Å². The average Bonchev–Trinajstić information content (AvgIpc) is 2.96. The van der Waals surface area contributed by atoms with E-state index in [0.29, 0.717) is 0 Å². The number of hydrogen-bond donors (Lipinski definition) is 2. The second-order valence-corrected chi connectivity index (χ2v) is 10.2. The lowest BCUT2D eigenvalue weighted by molar-refractivity contribution is -0.160. The molecule has 1 fully saturated rings. The van der Waals surface area contributed by atoms with Crippen molar-refractivity contribution < 1.29 is 29.0 Å². The zero-order valence-corrected chi connectivity index (χ0v) is 20.7. The molecular formula is C24H40N2O6. The normalized spacial score (nSPS) is 23.5. The first-order valence-corrected chi connectivity index (χ1v) is 11.0. The Labute approximate surface area is 192 Å². The first-order chi connectivity index (χ1) is 14.6. The van der Waals surface area contributed by atoms with Gasteiger partial charge in [0.1, 0.15) is 17.2 Å². The highest BCUT2D eigenvalue weighted by Crippen LogP contribution is 2.37. The molecule has 0 aromatic rings. The minimum Gasteiger partial charge on any atom is -0.458 e. The molecule has 0 unspecified atom stereocenters. The maximum atomic E-state index is 13.3. The molecule has 2 amide bonds. The van der Waals surface area contributed by atoms with Gasteiger partial charge in [-0.3, -0.25) is 9.69 Å². The van der Waals surface area contributed by atoms with Crippen molar-refractivity contribution in [1.82, 2.24) is 10.2 Å². The molecule has 0 aromatic carbocycles. The van der Waals surface area contributed by atoms with Gasteiger partial charge in [-0.2, -0.15) is 0 Å². The van der Waals surface area contributed by atoms with Crippen LogP contribution < -0.4 is 5.32 Å². The highest BCUT2D eigenvalue weighted by molar-refractivity contribution is 5.83. The molecule has 0 aromatic heterocycles. The summed E-state index contributed by atoms with van der Waals surface area (Å²) in [5.74, 6) is -1.23. The highest BCUT2D eigenvalue weighted by Gasteiger charge is 2.53. The third-order valence-corrected chi connectivity index (χ3v) is 4.87. The van der Waals surface area contributed by atoms with Gasteiger partial charge in [-0.1, -0.05) is 18.2 Å². The number of allylic oxidation sites excluding steroid dienone is 1. The van der Waals surface area contributed by atoms with E-state index in [0.717, 1.165) is 0 Å². The maximum absolute atomic E-state index is 13.3. The highest BCUT2D eigenvalue weighted by atomic mass is 16.6. The summed E-state index contributed by atoms with van der Waals surface area (Å²) in [6, 6.07) is -2.49. The average molecular weight is 453 g/mol. The van der Waals surface area contributed by atoms with Crippen molar-refractivity contribution in [2.24, 2.45) is 5.92 Å². The fraction of sp³-hybridized carbons (Fsp3) is 0.708. The van der Waals surface area contributed by atoms with Crippen molar-refractivity contribution in [3.05, 3.63) is 24.8 Å². The van der Waals surface area contributed by atoms with E-state index >= 15 is 0 Å². The SMILES string of the molecule is C=CC[C@@H](O)[C@H](NC(C)=O)[C@H]1[C@H](/C=C\C)C[C@H](C(=O)OC(C)(C)C)N1C(=O)OC(C)(C)C. The van der Waals surface area contributed by atoms with E-state index in [-0.39, 0.29) is 24.7 Å². The number of nitrogens with one attached hydrogen (secondary N) is 1. The second-order valence-electron chi connectivity index (χ2n) is 10.2. The Morgan fingerprint density at radius 3 is 2.16 bits per heavy atom. The molecule has 2 N–H and O–H groups in total. The molecule has 1 aliphatic rings. The number of aliphatic hydroxyl groups is 1. The van der Waals surface area contributed by atoms with Crippen molar-refractivity contribution >= 4 is 18.0 Å². The second kappa shape index (κ2) is 11.0. The van der Waals surface area contributed by atoms with Crippen molar-refractivity contribution in [2.45, 2.75) is 104 Å². The van der Waals surface area contributed by atoms with E-state index < -0.39 is 47.5 Å². The summed E-state index contributed by atoms with van der Waals surface area (Å²) >= 11 is 0. The molecular weight excluding hydrogens is 412 g/mol. The van der Waals surface area contributed by atoms with Crippen molar-refractivity contribution in [3.8, 4) is 0 Å². The molecule has 8 nitrogen and oxygen atoms in total. The summed E-state index contributed by atoms with van der Waals surface area (Å²) < 4.78 is 11.2. The molecule has 0 spiro atoms. The molecule has 32 heavy (non-hydrogen) atoms. The van der Waals surface area contributed by atoms with Crippen LogP contribution in [-0.2, 0) is 19.1 Å². The van der Waals surface area contributed by atoms with E-state index in [4.69, 9.17) is 9.47 Å². The number of ether oxygens (including phenoxy) is 2. The summed E-state index contributed by atoms with van der Waals surface area (Å²) in [6.07, 6.45) is 4.00. The van der Waals surface area contributed by atoms with Crippen LogP contribution in [-0.4, -0.2) is 63.4 Å². The first-order valence-electron chi connectivity index (χ1n) is 11.0. The topological polar surface area (TPSA) is 105 Å². The first kappa shape index (κ1) is 27.7. The molecule has 0 saturated carbocycles. The van der Waals surface area contributed by atoms with E-state index in [1.807, 2.05) is 19.1 Å². The van der Waals surface area contributed by atoms with Gasteiger partial charge in [-0.15, -0.1) is 6.58 Å². The predicted molar refractivity (Wildman–Crippen MR) is 123 cm³/mol. The minimum atomic E-state index is -1.02. The minimum absolute atomic E-state index is 0.198. The Morgan fingerprint density at radius 1 is 1.16 bits per heavy atom. The van der Waals surface area contributed by atoms with Gasteiger partial charge in [-0.25, -0.2) is 9.59 Å². The van der Waals surface area contributed by atoms with Crippen molar-refractivity contribution in [3.63, 3.8) is 0 Å². The van der Waals surface area contributed by atoms with Crippen LogP contribution in [0.25, 0.3) is 0 Å². The number of carbonyl (C=O) groups excluding carboxylic acids is 3. The predicted octanol–water partition coefficient (Wildman–Crippen LogP) is 3.34. The van der Waals surface area contributed by atoms with Crippen LogP contribution in [0.4, 0.5) is 4.79 Å². The molecule has 0 radical (unpaired) electrons. The van der Waals surface area contributed by atoms with Crippen LogP contribution in [0.15, 0.2) is 24.8 Å². The van der Waals surface area contributed by atoms with Crippen molar-refractivity contribution in [2.75, 3.05) is 0 Å². The largest absolute Gasteiger partial charge is 0.458 e. The molecule has 8 heteroatoms. The van der Waals surface area contributed by atoms with Crippen LogP contribution in [0.1, 0.15) is 68.2 Å². The lowest BCUT2D eigenvalue weighted by atomic mass is 9.88. The molecule has 182 valence electrons. The van der Waals surface area contributed by atoms with Crippen molar-refractivity contribution in [1.29, 1.82) is 0 Å². The molecule has 1 heterocycles. The Hall–Kier alpha value is -2.35. The zero-order chi connectivity index (χ0) is 24.9. The third-order valence-electron chi connectivity index (χ3n) is 4.87. The smallest absolute Gasteiger partial charge is 0.411 e. The Morgan fingerprint density at radius 2 is 1.72 bits per heavy atom. The Kier molecular flexibility index (Phi) is 9.50. The van der Waals surface area contributed by atoms with Gasteiger partial charge < -0.3 is 19.9 Å². The quantitative estimate of drug-likeness (QED) is 0.453. The summed E-state index contributed by atoms with van der Waals surface area (Å²) in [5, 5.41) is 13.6. The Bertz CT molecular complexity index is 719. The number of likely N-dealkylation sites (tertiary alicyclic amines) is 1. The lowest BCUT2D eigenvalue weighted by Gasteiger charge is -2.39. The Balaban J connectivity index is 3.57. The van der Waals surface area contributed by atoms with E-state index in [2.05, 4.69) is 11.9 Å². The summed E-state index contributed by atoms with van der Waals surface area (Å²) in [4.78, 5) is 39.8. The van der Waals surface area contributed by atoms with Gasteiger partial charge in [0.05, 0.1) is 18.2 Å². The summed E-state index contributed by atoms with van der Waals surface area (Å²) in [5.41, 5.74) is -1.55. The van der Waals surface area contributed by atoms with Crippen LogP contribution in [0, 0.1) is 5.92 Å². The number of amides is 2. The van der Waals surface area contributed by atoms with Crippen LogP contribution in [0.2, 0.25) is 0 Å². The molecule has 1 aliphatic heterocycles. The molecule has 0 aliphatic carbocycles. The molecule has 5 atom stereocenters. The monoisotopic (exact) mass is 452 g/mol. The number of nitrogens with zero attached hydrogens (tertiary/aromatic N) is 1. The van der Waals surface area contributed by atoms with E-state index in [1.165, 1.54) is 11.8 Å². The van der Waals surface area contributed by atoms with Gasteiger partial charge in [-0.05, 0) is 61.3 Å². The molecule has 0 bridgehead atoms. The van der Waals surface area contributed by atoms with Gasteiger partial charge in [0.15, 0.2) is 0 Å². The molecule has 1 saturated heterocycles. The maximum Gasteiger partial charge on any atom is 0.411 e. The molecule has 1 rings (SSSR count). The number of esters is 1. The zero-order valence-electron chi connectivity index (χ0n) is 20.7. The standard InChI is InChI=1S/C24H40N2O6/c1-10-12-16-14-17(21(29)31-23(4,5)6)26(22(30)32-24(7,8)9)20(16)19(25-15(3)27)18(28)13-11-2/h10-12,16-20,28H,2,13-14H2,1,3-9H3,(H,25,27)/b12-10-/t16-,17-,18-,19+,20-/m1/s1. The van der Waals surface area contributed by atoms with Gasteiger partial charge >= 0.3 is 12.1 Å². The van der Waals surface area contributed by atoms with Crippen LogP contribution in [0.3, 0.4) is 0 Å². The summed E-state index contributed by atoms with van der Waals surface area (Å²) in [7, 11) is 0. The lowest BCUT2D eigenvalue weighted by Crippen LogP contribution is -2.60. The van der Waals surface area contributed by atoms with Gasteiger partial charge in [0.25, 0.3) is 0 Å². The van der Waals surface area contributed by atoms with E-state index in [9.17, 15) is 19.5 Å². The van der Waals surface area contributed by atoms with Crippen LogP contribution in [0.5, 0.6) is 0 Å². The summed E-state index contributed by atoms with van der Waals surface area (Å²) in [6.45, 7) is 17.3. The van der Waals surface area contributed by atoms with Gasteiger partial charge in [0.2, 0.25) is 5.91 Å². The number of aliphatic hydroxyl groups excluding tert-OH is 1. The number of rotatable bonds is 7. The fourth-order valence-corrected chi connectivity index (χ4v) is 3.91. The third kappa shape index (κ3) is 7.97. The number of carbonyl (C=O) groups is 3. The number of hydrogen-bond acceptors (Lipinski definition) is 6. The fourth-order valence-electron chi connectivity index (χ4n) is 3.91. The van der Waals surface area contributed by atoms with E-state index in [1.54, 1.807) is 47.6 Å².